The lowest BCUT2D eigenvalue weighted by Crippen LogP contribution is -2.48. The van der Waals surface area contributed by atoms with Gasteiger partial charge in [-0.25, -0.2) is 4.98 Å². The SMILES string of the molecule is CC(=O)N1CCN(c2nc3c(s2)CC(C(=O)N2CCCCCC2)CC3)CC1. The lowest BCUT2D eigenvalue weighted by atomic mass is 9.90. The first-order valence-electron chi connectivity index (χ1n) is 10.4. The Balaban J connectivity index is 1.39. The fraction of sp³-hybridized carbons (Fsp3) is 0.750. The predicted molar refractivity (Wildman–Crippen MR) is 107 cm³/mol. The van der Waals surface area contributed by atoms with E-state index in [4.69, 9.17) is 4.98 Å². The number of nitrogens with zero attached hydrogens (tertiary/aromatic N) is 4. The summed E-state index contributed by atoms with van der Waals surface area (Å²) >= 11 is 1.76. The van der Waals surface area contributed by atoms with Crippen LogP contribution in [-0.4, -0.2) is 65.9 Å². The maximum absolute atomic E-state index is 13.0. The van der Waals surface area contributed by atoms with Gasteiger partial charge in [-0.05, 0) is 32.1 Å². The Morgan fingerprint density at radius 2 is 1.67 bits per heavy atom. The molecule has 2 saturated heterocycles. The van der Waals surface area contributed by atoms with Crippen molar-refractivity contribution in [2.24, 2.45) is 5.92 Å². The molecule has 0 aromatic carbocycles. The van der Waals surface area contributed by atoms with Crippen LogP contribution < -0.4 is 4.90 Å². The second kappa shape index (κ2) is 8.17. The van der Waals surface area contributed by atoms with Gasteiger partial charge in [-0.15, -0.1) is 11.3 Å². The molecule has 3 heterocycles. The Morgan fingerprint density at radius 3 is 2.33 bits per heavy atom. The molecule has 2 amide bonds. The lowest BCUT2D eigenvalue weighted by Gasteiger charge is -2.33. The highest BCUT2D eigenvalue weighted by Crippen LogP contribution is 2.35. The monoisotopic (exact) mass is 390 g/mol. The Hall–Kier alpha value is -1.63. The van der Waals surface area contributed by atoms with Crippen molar-refractivity contribution >= 4 is 28.3 Å². The summed E-state index contributed by atoms with van der Waals surface area (Å²) in [7, 11) is 0. The van der Waals surface area contributed by atoms with E-state index in [1.54, 1.807) is 18.3 Å². The molecule has 0 bridgehead atoms. The fourth-order valence-electron chi connectivity index (χ4n) is 4.47. The number of amides is 2. The van der Waals surface area contributed by atoms with Crippen molar-refractivity contribution in [1.29, 1.82) is 0 Å². The van der Waals surface area contributed by atoms with Gasteiger partial charge in [0.1, 0.15) is 0 Å². The molecule has 3 aliphatic rings. The minimum Gasteiger partial charge on any atom is -0.345 e. The third kappa shape index (κ3) is 4.13. The van der Waals surface area contributed by atoms with E-state index in [2.05, 4.69) is 9.80 Å². The van der Waals surface area contributed by atoms with Gasteiger partial charge in [-0.3, -0.25) is 9.59 Å². The van der Waals surface area contributed by atoms with Crippen LogP contribution in [0.1, 0.15) is 49.6 Å². The molecular formula is C20H30N4O2S. The molecule has 7 heteroatoms. The van der Waals surface area contributed by atoms with Crippen molar-refractivity contribution in [3.05, 3.63) is 10.6 Å². The smallest absolute Gasteiger partial charge is 0.226 e. The highest BCUT2D eigenvalue weighted by Gasteiger charge is 2.31. The molecule has 0 radical (unpaired) electrons. The number of likely N-dealkylation sites (tertiary alicyclic amines) is 1. The summed E-state index contributed by atoms with van der Waals surface area (Å²) in [6, 6.07) is 0. The average Bonchev–Trinajstić information content (AvgIpc) is 2.92. The minimum absolute atomic E-state index is 0.137. The molecular weight excluding hydrogens is 360 g/mol. The fourth-order valence-corrected chi connectivity index (χ4v) is 5.71. The zero-order chi connectivity index (χ0) is 18.8. The molecule has 1 aromatic rings. The normalized spacial score (nSPS) is 23.7. The first kappa shape index (κ1) is 18.7. The number of anilines is 1. The molecule has 0 spiro atoms. The number of thiazole rings is 1. The maximum atomic E-state index is 13.0. The van der Waals surface area contributed by atoms with Crippen LogP contribution in [0.2, 0.25) is 0 Å². The summed E-state index contributed by atoms with van der Waals surface area (Å²) in [4.78, 5) is 37.0. The third-order valence-corrected chi connectivity index (χ3v) is 7.37. The molecule has 2 aliphatic heterocycles. The molecule has 27 heavy (non-hydrogen) atoms. The predicted octanol–water partition coefficient (Wildman–Crippen LogP) is 2.32. The van der Waals surface area contributed by atoms with Crippen LogP contribution in [0.4, 0.5) is 5.13 Å². The number of rotatable bonds is 2. The number of aryl methyl sites for hydroxylation is 1. The van der Waals surface area contributed by atoms with E-state index in [1.165, 1.54) is 23.4 Å². The molecule has 1 aromatic heterocycles. The number of piperazine rings is 1. The van der Waals surface area contributed by atoms with E-state index in [0.29, 0.717) is 5.91 Å². The van der Waals surface area contributed by atoms with E-state index in [0.717, 1.165) is 76.5 Å². The number of aromatic nitrogens is 1. The van der Waals surface area contributed by atoms with Gasteiger partial charge in [0, 0.05) is 57.0 Å². The van der Waals surface area contributed by atoms with Gasteiger partial charge in [-0.2, -0.15) is 0 Å². The minimum atomic E-state index is 0.137. The van der Waals surface area contributed by atoms with Crippen LogP contribution >= 0.6 is 11.3 Å². The van der Waals surface area contributed by atoms with Crippen molar-refractivity contribution in [2.75, 3.05) is 44.2 Å². The van der Waals surface area contributed by atoms with Crippen LogP contribution in [0.3, 0.4) is 0 Å². The standard InChI is InChI=1S/C20H30N4O2S/c1-15(25)22-10-12-24(13-11-22)20-21-17-7-6-16(14-18(17)27-20)19(26)23-8-4-2-3-5-9-23/h16H,2-14H2,1H3. The van der Waals surface area contributed by atoms with Gasteiger partial charge < -0.3 is 14.7 Å². The van der Waals surface area contributed by atoms with Crippen LogP contribution in [0.15, 0.2) is 0 Å². The van der Waals surface area contributed by atoms with Gasteiger partial charge >= 0.3 is 0 Å². The van der Waals surface area contributed by atoms with Gasteiger partial charge in [0.25, 0.3) is 0 Å². The van der Waals surface area contributed by atoms with Gasteiger partial charge in [0.2, 0.25) is 11.8 Å². The molecule has 1 atom stereocenters. The number of hydrogen-bond donors (Lipinski definition) is 0. The highest BCUT2D eigenvalue weighted by atomic mass is 32.1. The molecule has 2 fully saturated rings. The molecule has 4 rings (SSSR count). The van der Waals surface area contributed by atoms with Crippen molar-refractivity contribution in [1.82, 2.24) is 14.8 Å². The quantitative estimate of drug-likeness (QED) is 0.778. The Kier molecular flexibility index (Phi) is 5.66. The molecule has 6 nitrogen and oxygen atoms in total. The van der Waals surface area contributed by atoms with Gasteiger partial charge in [0.05, 0.1) is 5.69 Å². The largest absolute Gasteiger partial charge is 0.345 e. The van der Waals surface area contributed by atoms with Crippen LogP contribution in [-0.2, 0) is 22.4 Å². The lowest BCUT2D eigenvalue weighted by molar-refractivity contribution is -0.135. The summed E-state index contributed by atoms with van der Waals surface area (Å²) in [6.07, 6.45) is 7.53. The van der Waals surface area contributed by atoms with E-state index in [1.807, 2.05) is 4.90 Å². The summed E-state index contributed by atoms with van der Waals surface area (Å²) in [5.74, 6) is 0.661. The first-order chi connectivity index (χ1) is 13.1. The third-order valence-electron chi connectivity index (χ3n) is 6.19. The van der Waals surface area contributed by atoms with E-state index < -0.39 is 0 Å². The Labute approximate surface area is 165 Å². The number of fused-ring (bicyclic) bond motifs is 1. The van der Waals surface area contributed by atoms with Crippen LogP contribution in [0, 0.1) is 5.92 Å². The zero-order valence-corrected chi connectivity index (χ0v) is 17.1. The van der Waals surface area contributed by atoms with Crippen molar-refractivity contribution in [3.8, 4) is 0 Å². The molecule has 0 N–H and O–H groups in total. The Bertz CT molecular complexity index is 688. The van der Waals surface area contributed by atoms with E-state index in [-0.39, 0.29) is 11.8 Å². The average molecular weight is 391 g/mol. The number of hydrogen-bond acceptors (Lipinski definition) is 5. The molecule has 1 aliphatic carbocycles. The second-order valence-corrected chi connectivity index (χ2v) is 9.10. The zero-order valence-electron chi connectivity index (χ0n) is 16.3. The highest BCUT2D eigenvalue weighted by molar-refractivity contribution is 7.15. The number of carbonyl (C=O) groups excluding carboxylic acids is 2. The summed E-state index contributed by atoms with van der Waals surface area (Å²) in [5.41, 5.74) is 1.20. The van der Waals surface area contributed by atoms with E-state index in [9.17, 15) is 9.59 Å². The summed E-state index contributed by atoms with van der Waals surface area (Å²) < 4.78 is 0. The molecule has 1 unspecified atom stereocenters. The topological polar surface area (TPSA) is 56.8 Å². The van der Waals surface area contributed by atoms with Gasteiger partial charge in [-0.1, -0.05) is 12.8 Å². The van der Waals surface area contributed by atoms with Crippen LogP contribution in [0.25, 0.3) is 0 Å². The first-order valence-corrected chi connectivity index (χ1v) is 11.2. The van der Waals surface area contributed by atoms with Crippen LogP contribution in [0.5, 0.6) is 0 Å². The maximum Gasteiger partial charge on any atom is 0.226 e. The number of carbonyl (C=O) groups is 2. The van der Waals surface area contributed by atoms with E-state index >= 15 is 0 Å². The second-order valence-electron chi connectivity index (χ2n) is 8.04. The van der Waals surface area contributed by atoms with Crippen molar-refractivity contribution < 1.29 is 9.59 Å². The Morgan fingerprint density at radius 1 is 0.963 bits per heavy atom. The summed E-state index contributed by atoms with van der Waals surface area (Å²) in [5, 5.41) is 1.08. The summed E-state index contributed by atoms with van der Waals surface area (Å²) in [6.45, 7) is 6.77. The van der Waals surface area contributed by atoms with Crippen molar-refractivity contribution in [3.63, 3.8) is 0 Å². The van der Waals surface area contributed by atoms with Gasteiger partial charge in [0.15, 0.2) is 5.13 Å². The van der Waals surface area contributed by atoms with Crippen molar-refractivity contribution in [2.45, 2.75) is 51.9 Å². The molecule has 148 valence electrons. The molecule has 0 saturated carbocycles.